The Hall–Kier alpha value is -2.67. The van der Waals surface area contributed by atoms with E-state index in [9.17, 15) is 0 Å². The Balaban J connectivity index is 1.26. The molecule has 0 radical (unpaired) electrons. The molecule has 0 spiro atoms. The van der Waals surface area contributed by atoms with Gasteiger partial charge in [-0.25, -0.2) is 0 Å². The molecule has 1 N–H and O–H groups in total. The van der Waals surface area contributed by atoms with Gasteiger partial charge in [0.05, 0.1) is 18.9 Å². The van der Waals surface area contributed by atoms with E-state index < -0.39 is 0 Å². The van der Waals surface area contributed by atoms with Gasteiger partial charge in [-0.3, -0.25) is 10.4 Å². The Kier molecular flexibility index (Phi) is 3.93. The highest BCUT2D eigenvalue weighted by Gasteiger charge is 2.17. The minimum atomic E-state index is 0.289. The van der Waals surface area contributed by atoms with Gasteiger partial charge in [-0.2, -0.15) is 5.10 Å². The number of hydrogen-bond acceptors (Lipinski definition) is 6. The van der Waals surface area contributed by atoms with Crippen molar-refractivity contribution in [1.82, 2.24) is 5.43 Å². The summed E-state index contributed by atoms with van der Waals surface area (Å²) in [6.45, 7) is 1.64. The van der Waals surface area contributed by atoms with E-state index in [4.69, 9.17) is 14.2 Å². The first-order valence-corrected chi connectivity index (χ1v) is 9.48. The van der Waals surface area contributed by atoms with Crippen molar-refractivity contribution in [2.75, 3.05) is 19.2 Å². The molecule has 132 valence electrons. The molecule has 0 unspecified atom stereocenters. The van der Waals surface area contributed by atoms with Crippen molar-refractivity contribution in [1.29, 1.82) is 0 Å². The zero-order valence-corrected chi connectivity index (χ0v) is 14.8. The molecule has 2 aromatic rings. The number of ether oxygens (including phenoxy) is 3. The first-order valence-electron chi connectivity index (χ1n) is 8.49. The topological polar surface area (TPSA) is 64.4 Å². The Morgan fingerprint density at radius 3 is 2.88 bits per heavy atom. The summed E-state index contributed by atoms with van der Waals surface area (Å²) in [5.41, 5.74) is 7.59. The van der Waals surface area contributed by atoms with Crippen LogP contribution in [0.15, 0.2) is 46.5 Å². The summed E-state index contributed by atoms with van der Waals surface area (Å²) in [7, 11) is 0. The molecule has 0 atom stereocenters. The highest BCUT2D eigenvalue weighted by Crippen LogP contribution is 2.32. The van der Waals surface area contributed by atoms with Gasteiger partial charge in [0.25, 0.3) is 0 Å². The monoisotopic (exact) mass is 367 g/mol. The summed E-state index contributed by atoms with van der Waals surface area (Å²) in [6.07, 6.45) is 0.971. The Morgan fingerprint density at radius 2 is 1.96 bits per heavy atom. The molecule has 0 saturated heterocycles. The fourth-order valence-electron chi connectivity index (χ4n) is 3.11. The maximum atomic E-state index is 5.56. The number of amidine groups is 1. The summed E-state index contributed by atoms with van der Waals surface area (Å²) < 4.78 is 16.3. The number of nitrogens with zero attached hydrogens (tertiary/aromatic N) is 2. The number of hydrazone groups is 1. The third-order valence-corrected chi connectivity index (χ3v) is 5.41. The van der Waals surface area contributed by atoms with Gasteiger partial charge in [0, 0.05) is 12.2 Å². The molecule has 0 saturated carbocycles. The zero-order valence-electron chi connectivity index (χ0n) is 14.0. The number of benzene rings is 2. The summed E-state index contributed by atoms with van der Waals surface area (Å²) in [5.74, 6) is 3.37. The van der Waals surface area contributed by atoms with Crippen LogP contribution in [-0.2, 0) is 13.0 Å². The predicted molar refractivity (Wildman–Crippen MR) is 101 cm³/mol. The zero-order chi connectivity index (χ0) is 17.3. The molecule has 6 nitrogen and oxygen atoms in total. The van der Waals surface area contributed by atoms with E-state index in [1.165, 1.54) is 5.56 Å². The molecule has 7 heteroatoms. The van der Waals surface area contributed by atoms with Crippen LogP contribution in [0.3, 0.4) is 0 Å². The van der Waals surface area contributed by atoms with Crippen LogP contribution in [-0.4, -0.2) is 30.0 Å². The van der Waals surface area contributed by atoms with Gasteiger partial charge < -0.3 is 14.2 Å². The average molecular weight is 367 g/mol. The van der Waals surface area contributed by atoms with E-state index >= 15 is 0 Å². The Morgan fingerprint density at radius 1 is 1.04 bits per heavy atom. The second-order valence-corrected chi connectivity index (χ2v) is 7.15. The van der Waals surface area contributed by atoms with Crippen molar-refractivity contribution in [2.24, 2.45) is 10.1 Å². The fraction of sp³-hybridized carbons (Fsp3) is 0.263. The van der Waals surface area contributed by atoms with Gasteiger partial charge in [0.15, 0.2) is 16.7 Å². The molecule has 3 heterocycles. The molecule has 0 aromatic heterocycles. The first kappa shape index (κ1) is 15.6. The van der Waals surface area contributed by atoms with Gasteiger partial charge in [-0.15, -0.1) is 0 Å². The second-order valence-electron chi connectivity index (χ2n) is 6.19. The van der Waals surface area contributed by atoms with E-state index in [0.29, 0.717) is 6.54 Å². The van der Waals surface area contributed by atoms with Crippen molar-refractivity contribution < 1.29 is 14.2 Å². The van der Waals surface area contributed by atoms with E-state index in [1.807, 2.05) is 24.3 Å². The number of fused-ring (bicyclic) bond motifs is 2. The summed E-state index contributed by atoms with van der Waals surface area (Å²) in [4.78, 5) is 4.61. The minimum Gasteiger partial charge on any atom is -0.493 e. The molecule has 0 aliphatic carbocycles. The Labute approximate surface area is 155 Å². The van der Waals surface area contributed by atoms with Crippen LogP contribution in [0.4, 0.5) is 0 Å². The summed E-state index contributed by atoms with van der Waals surface area (Å²) in [6, 6.07) is 12.2. The fourth-order valence-corrected chi connectivity index (χ4v) is 3.88. The molecule has 26 heavy (non-hydrogen) atoms. The SMILES string of the molecule is c1cc2c(cc1CN=C1NN=C(c3ccc4c(c3)CCO4)CS1)OCO2. The van der Waals surface area contributed by atoms with E-state index in [-0.39, 0.29) is 6.79 Å². The highest BCUT2D eigenvalue weighted by atomic mass is 32.2. The van der Waals surface area contributed by atoms with Gasteiger partial charge in [0.1, 0.15) is 5.75 Å². The van der Waals surface area contributed by atoms with Crippen LogP contribution in [0.5, 0.6) is 17.2 Å². The lowest BCUT2D eigenvalue weighted by Gasteiger charge is -2.15. The van der Waals surface area contributed by atoms with Crippen molar-refractivity contribution in [3.05, 3.63) is 53.1 Å². The van der Waals surface area contributed by atoms with Gasteiger partial charge in [0.2, 0.25) is 6.79 Å². The summed E-state index contributed by atoms with van der Waals surface area (Å²) >= 11 is 1.67. The van der Waals surface area contributed by atoms with Crippen LogP contribution in [0.1, 0.15) is 16.7 Å². The lowest BCUT2D eigenvalue weighted by atomic mass is 10.1. The molecule has 5 rings (SSSR count). The Bertz CT molecular complexity index is 926. The molecule has 0 bridgehead atoms. The van der Waals surface area contributed by atoms with Crippen molar-refractivity contribution >= 4 is 22.6 Å². The minimum absolute atomic E-state index is 0.289. The van der Waals surface area contributed by atoms with Gasteiger partial charge in [-0.05, 0) is 47.0 Å². The van der Waals surface area contributed by atoms with Crippen molar-refractivity contribution in [3.8, 4) is 17.2 Å². The second kappa shape index (κ2) is 6.57. The van der Waals surface area contributed by atoms with Crippen LogP contribution >= 0.6 is 11.8 Å². The lowest BCUT2D eigenvalue weighted by molar-refractivity contribution is 0.174. The number of thioether (sulfide) groups is 1. The van der Waals surface area contributed by atoms with Crippen molar-refractivity contribution in [2.45, 2.75) is 13.0 Å². The smallest absolute Gasteiger partial charge is 0.231 e. The predicted octanol–water partition coefficient (Wildman–Crippen LogP) is 2.95. The number of rotatable bonds is 3. The highest BCUT2D eigenvalue weighted by molar-refractivity contribution is 8.14. The van der Waals surface area contributed by atoms with Crippen molar-refractivity contribution in [3.63, 3.8) is 0 Å². The third kappa shape index (κ3) is 2.99. The maximum Gasteiger partial charge on any atom is 0.231 e. The molecule has 0 fully saturated rings. The quantitative estimate of drug-likeness (QED) is 0.904. The standard InChI is InChI=1S/C19H17N3O3S/c1-3-17-18(25-11-24-17)7-12(1)9-20-19-22-21-15(10-26-19)13-2-4-16-14(8-13)5-6-23-16/h1-4,7-8H,5-6,9-11H2,(H,20,22). The number of aliphatic imine (C=N–C) groups is 1. The number of hydrogen-bond donors (Lipinski definition) is 1. The largest absolute Gasteiger partial charge is 0.493 e. The van der Waals surface area contributed by atoms with Gasteiger partial charge >= 0.3 is 0 Å². The van der Waals surface area contributed by atoms with Crippen LogP contribution in [0, 0.1) is 0 Å². The van der Waals surface area contributed by atoms with E-state index in [0.717, 1.165) is 58.0 Å². The van der Waals surface area contributed by atoms with Crippen LogP contribution in [0.2, 0.25) is 0 Å². The third-order valence-electron chi connectivity index (χ3n) is 4.50. The lowest BCUT2D eigenvalue weighted by Crippen LogP contribution is -2.25. The molecular formula is C19H17N3O3S. The average Bonchev–Trinajstić information content (AvgIpc) is 3.34. The van der Waals surface area contributed by atoms with Crippen LogP contribution in [0.25, 0.3) is 0 Å². The van der Waals surface area contributed by atoms with E-state index in [1.54, 1.807) is 11.8 Å². The first-order chi connectivity index (χ1) is 12.8. The molecule has 2 aromatic carbocycles. The molecule has 3 aliphatic heterocycles. The molecular weight excluding hydrogens is 350 g/mol. The summed E-state index contributed by atoms with van der Waals surface area (Å²) in [5, 5.41) is 5.34. The normalized spacial score (nSPS) is 18.9. The van der Waals surface area contributed by atoms with Gasteiger partial charge in [-0.1, -0.05) is 17.8 Å². The molecule has 3 aliphatic rings. The van der Waals surface area contributed by atoms with Crippen LogP contribution < -0.4 is 19.6 Å². The molecule has 0 amide bonds. The van der Waals surface area contributed by atoms with E-state index in [2.05, 4.69) is 27.7 Å². The maximum absolute atomic E-state index is 5.56. The number of nitrogens with one attached hydrogen (secondary N) is 1.